The monoisotopic (exact) mass is 306 g/mol. The second kappa shape index (κ2) is 8.26. The van der Waals surface area contributed by atoms with E-state index in [9.17, 15) is 0 Å². The molecule has 0 amide bonds. The van der Waals surface area contributed by atoms with Crippen molar-refractivity contribution in [2.75, 3.05) is 13.6 Å². The first kappa shape index (κ1) is 15.3. The maximum absolute atomic E-state index is 5.75. The molecule has 2 aromatic heterocycles. The van der Waals surface area contributed by atoms with E-state index in [1.165, 1.54) is 0 Å². The van der Waals surface area contributed by atoms with Crippen molar-refractivity contribution in [2.45, 2.75) is 19.5 Å². The minimum Gasteiger partial charge on any atom is -0.356 e. The van der Waals surface area contributed by atoms with E-state index >= 15 is 0 Å². The molecule has 0 aromatic carbocycles. The predicted molar refractivity (Wildman–Crippen MR) is 84.3 cm³/mol. The summed E-state index contributed by atoms with van der Waals surface area (Å²) in [4.78, 5) is 8.22. The molecular formula is C14H19ClN6. The summed E-state index contributed by atoms with van der Waals surface area (Å²) in [5.41, 5.74) is 1.05. The largest absolute Gasteiger partial charge is 0.356 e. The normalized spacial score (nSPS) is 11.4. The number of nitrogens with zero attached hydrogens (tertiary/aromatic N) is 4. The highest BCUT2D eigenvalue weighted by atomic mass is 35.5. The summed E-state index contributed by atoms with van der Waals surface area (Å²) in [5.74, 6) is 0.769. The molecule has 2 rings (SSSR count). The number of pyridine rings is 1. The maximum Gasteiger partial charge on any atom is 0.191 e. The molecule has 2 N–H and O–H groups in total. The summed E-state index contributed by atoms with van der Waals surface area (Å²) in [6, 6.07) is 5.64. The number of aromatic nitrogens is 3. The average molecular weight is 307 g/mol. The van der Waals surface area contributed by atoms with Crippen molar-refractivity contribution in [1.82, 2.24) is 25.4 Å². The minimum atomic E-state index is 0.500. The second-order valence-corrected chi connectivity index (χ2v) is 4.85. The van der Waals surface area contributed by atoms with Gasteiger partial charge < -0.3 is 10.6 Å². The van der Waals surface area contributed by atoms with Gasteiger partial charge in [-0.05, 0) is 24.1 Å². The molecule has 7 heteroatoms. The number of hydrogen-bond acceptors (Lipinski definition) is 3. The summed E-state index contributed by atoms with van der Waals surface area (Å²) < 4.78 is 1.91. The lowest BCUT2D eigenvalue weighted by molar-refractivity contribution is 0.570. The predicted octanol–water partition coefficient (Wildman–Crippen LogP) is 1.69. The summed E-state index contributed by atoms with van der Waals surface area (Å²) in [6.07, 6.45) is 6.47. The third-order valence-corrected chi connectivity index (χ3v) is 3.11. The zero-order valence-corrected chi connectivity index (χ0v) is 12.7. The Bertz CT molecular complexity index is 549. The molecule has 0 bridgehead atoms. The smallest absolute Gasteiger partial charge is 0.191 e. The number of hydrogen-bond donors (Lipinski definition) is 2. The van der Waals surface area contributed by atoms with Gasteiger partial charge in [-0.25, -0.2) is 4.98 Å². The zero-order valence-electron chi connectivity index (χ0n) is 12.0. The third kappa shape index (κ3) is 5.43. The molecule has 0 aliphatic rings. The van der Waals surface area contributed by atoms with Crippen LogP contribution in [0.25, 0.3) is 0 Å². The van der Waals surface area contributed by atoms with Crippen LogP contribution in [0.5, 0.6) is 0 Å². The van der Waals surface area contributed by atoms with E-state index in [0.29, 0.717) is 11.7 Å². The van der Waals surface area contributed by atoms with Gasteiger partial charge in [0.05, 0.1) is 0 Å². The lowest BCUT2D eigenvalue weighted by atomic mass is 10.3. The highest BCUT2D eigenvalue weighted by molar-refractivity contribution is 6.29. The Hall–Kier alpha value is -2.08. The molecule has 21 heavy (non-hydrogen) atoms. The van der Waals surface area contributed by atoms with Crippen molar-refractivity contribution in [1.29, 1.82) is 0 Å². The molecule has 6 nitrogen and oxygen atoms in total. The molecular weight excluding hydrogens is 288 g/mol. The first-order valence-electron chi connectivity index (χ1n) is 6.80. The van der Waals surface area contributed by atoms with E-state index in [1.54, 1.807) is 25.5 Å². The lowest BCUT2D eigenvalue weighted by Gasteiger charge is -2.11. The van der Waals surface area contributed by atoms with Crippen molar-refractivity contribution < 1.29 is 0 Å². The van der Waals surface area contributed by atoms with Crippen molar-refractivity contribution in [3.8, 4) is 0 Å². The van der Waals surface area contributed by atoms with Crippen LogP contribution in [-0.4, -0.2) is 34.3 Å². The number of halogens is 1. The quantitative estimate of drug-likeness (QED) is 0.369. The van der Waals surface area contributed by atoms with Gasteiger partial charge in [0.25, 0.3) is 0 Å². The third-order valence-electron chi connectivity index (χ3n) is 2.89. The lowest BCUT2D eigenvalue weighted by Crippen LogP contribution is -2.37. The van der Waals surface area contributed by atoms with Crippen LogP contribution >= 0.6 is 11.6 Å². The van der Waals surface area contributed by atoms with Crippen LogP contribution in [0.15, 0.2) is 41.8 Å². The Labute approximate surface area is 129 Å². The Balaban J connectivity index is 1.67. The number of rotatable bonds is 6. The van der Waals surface area contributed by atoms with Crippen molar-refractivity contribution in [2.24, 2.45) is 4.99 Å². The van der Waals surface area contributed by atoms with Gasteiger partial charge in [-0.15, -0.1) is 0 Å². The first-order chi connectivity index (χ1) is 10.3. The summed E-state index contributed by atoms with van der Waals surface area (Å²) >= 11 is 5.75. The standard InChI is InChI=1S/C14H19ClN6/c1-16-14(17-6-2-8-21-9-3-7-20-21)19-11-12-4-5-13(15)18-10-12/h3-5,7,9-10H,2,6,8,11H2,1H3,(H2,16,17,19). The number of guanidine groups is 1. The van der Waals surface area contributed by atoms with Gasteiger partial charge in [-0.1, -0.05) is 17.7 Å². The van der Waals surface area contributed by atoms with E-state index in [0.717, 1.165) is 31.0 Å². The van der Waals surface area contributed by atoms with E-state index < -0.39 is 0 Å². The highest BCUT2D eigenvalue weighted by Gasteiger charge is 1.99. The van der Waals surface area contributed by atoms with Crippen molar-refractivity contribution in [3.63, 3.8) is 0 Å². The molecule has 0 radical (unpaired) electrons. The minimum absolute atomic E-state index is 0.500. The summed E-state index contributed by atoms with van der Waals surface area (Å²) in [6.45, 7) is 2.37. The van der Waals surface area contributed by atoms with E-state index in [-0.39, 0.29) is 0 Å². The van der Waals surface area contributed by atoms with Gasteiger partial charge >= 0.3 is 0 Å². The molecule has 0 fully saturated rings. The Kier molecular flexibility index (Phi) is 6.02. The zero-order chi connectivity index (χ0) is 14.9. The molecule has 2 aromatic rings. The molecule has 2 heterocycles. The van der Waals surface area contributed by atoms with Gasteiger partial charge in [0, 0.05) is 45.3 Å². The fraction of sp³-hybridized carbons (Fsp3) is 0.357. The molecule has 0 aliphatic heterocycles. The van der Waals surface area contributed by atoms with Gasteiger partial charge in [0.15, 0.2) is 5.96 Å². The topological polar surface area (TPSA) is 67.1 Å². The molecule has 0 spiro atoms. The molecule has 0 saturated heterocycles. The molecule has 0 aliphatic carbocycles. The van der Waals surface area contributed by atoms with E-state index in [2.05, 4.69) is 25.7 Å². The molecule has 0 atom stereocenters. The van der Waals surface area contributed by atoms with Gasteiger partial charge in [0.1, 0.15) is 5.15 Å². The summed E-state index contributed by atoms with van der Waals surface area (Å²) in [5, 5.41) is 11.2. The number of nitrogens with one attached hydrogen (secondary N) is 2. The fourth-order valence-electron chi connectivity index (χ4n) is 1.80. The Morgan fingerprint density at radius 2 is 2.29 bits per heavy atom. The number of aryl methyl sites for hydroxylation is 1. The molecule has 112 valence electrons. The average Bonchev–Trinajstić information content (AvgIpc) is 3.01. The fourth-order valence-corrected chi connectivity index (χ4v) is 1.91. The van der Waals surface area contributed by atoms with Crippen LogP contribution in [-0.2, 0) is 13.1 Å². The summed E-state index contributed by atoms with van der Waals surface area (Å²) in [7, 11) is 1.75. The van der Waals surface area contributed by atoms with Gasteiger partial charge in [-0.2, -0.15) is 5.10 Å². The van der Waals surface area contributed by atoms with Crippen LogP contribution in [0.3, 0.4) is 0 Å². The van der Waals surface area contributed by atoms with Crippen LogP contribution in [0, 0.1) is 0 Å². The van der Waals surface area contributed by atoms with Gasteiger partial charge in [-0.3, -0.25) is 9.67 Å². The second-order valence-electron chi connectivity index (χ2n) is 4.46. The maximum atomic E-state index is 5.75. The molecule has 0 unspecified atom stereocenters. The van der Waals surface area contributed by atoms with Crippen LogP contribution in [0.2, 0.25) is 5.15 Å². The van der Waals surface area contributed by atoms with Crippen molar-refractivity contribution in [3.05, 3.63) is 47.5 Å². The van der Waals surface area contributed by atoms with Crippen LogP contribution in [0.4, 0.5) is 0 Å². The molecule has 0 saturated carbocycles. The van der Waals surface area contributed by atoms with E-state index in [1.807, 2.05) is 23.0 Å². The SMILES string of the molecule is CN=C(NCCCn1cccn1)NCc1ccc(Cl)nc1. The Morgan fingerprint density at radius 1 is 1.38 bits per heavy atom. The number of aliphatic imine (C=N–C) groups is 1. The highest BCUT2D eigenvalue weighted by Crippen LogP contribution is 2.04. The van der Waals surface area contributed by atoms with Crippen molar-refractivity contribution >= 4 is 17.6 Å². The van der Waals surface area contributed by atoms with Crippen LogP contribution in [0.1, 0.15) is 12.0 Å². The van der Waals surface area contributed by atoms with E-state index in [4.69, 9.17) is 11.6 Å². The van der Waals surface area contributed by atoms with Crippen LogP contribution < -0.4 is 10.6 Å². The first-order valence-corrected chi connectivity index (χ1v) is 7.18. The Morgan fingerprint density at radius 3 is 2.95 bits per heavy atom. The van der Waals surface area contributed by atoms with Gasteiger partial charge in [0.2, 0.25) is 0 Å².